The zero-order chi connectivity index (χ0) is 13.3. The summed E-state index contributed by atoms with van der Waals surface area (Å²) in [5, 5.41) is 18.5. The highest BCUT2D eigenvalue weighted by molar-refractivity contribution is 5.87. The van der Waals surface area contributed by atoms with E-state index in [2.05, 4.69) is 0 Å². The monoisotopic (exact) mass is 258 g/mol. The van der Waals surface area contributed by atoms with E-state index in [-0.39, 0.29) is 25.0 Å². The van der Waals surface area contributed by atoms with Gasteiger partial charge in [0.05, 0.1) is 12.2 Å². The average molecular weight is 258 g/mol. The smallest absolute Gasteiger partial charge is 0.326 e. The number of aliphatic carboxylic acids is 1. The van der Waals surface area contributed by atoms with Gasteiger partial charge in [-0.05, 0) is 12.8 Å². The van der Waals surface area contributed by atoms with Gasteiger partial charge in [0.1, 0.15) is 12.1 Å². The van der Waals surface area contributed by atoms with Crippen LogP contribution in [0.3, 0.4) is 0 Å². The van der Waals surface area contributed by atoms with Crippen LogP contribution < -0.4 is 5.73 Å². The highest BCUT2D eigenvalue weighted by Crippen LogP contribution is 2.25. The summed E-state index contributed by atoms with van der Waals surface area (Å²) in [6.07, 6.45) is -0.184. The Balaban J connectivity index is 2.02. The van der Waals surface area contributed by atoms with E-state index in [0.717, 1.165) is 0 Å². The molecule has 4 atom stereocenters. The van der Waals surface area contributed by atoms with E-state index in [4.69, 9.17) is 15.6 Å². The van der Waals surface area contributed by atoms with E-state index in [1.165, 1.54) is 4.90 Å². The lowest BCUT2D eigenvalue weighted by Crippen LogP contribution is -2.45. The van der Waals surface area contributed by atoms with Gasteiger partial charge in [0.25, 0.3) is 5.91 Å². The molecule has 2 aliphatic heterocycles. The predicted octanol–water partition coefficient (Wildman–Crippen LogP) is -1.46. The molecule has 0 radical (unpaired) electrons. The van der Waals surface area contributed by atoms with Gasteiger partial charge >= 0.3 is 5.97 Å². The number of aliphatic hydroxyl groups is 1. The molecule has 2 saturated heterocycles. The molecule has 0 saturated carbocycles. The van der Waals surface area contributed by atoms with Gasteiger partial charge in [0.2, 0.25) is 0 Å². The van der Waals surface area contributed by atoms with E-state index in [9.17, 15) is 14.7 Å². The van der Waals surface area contributed by atoms with Gasteiger partial charge in [-0.15, -0.1) is 0 Å². The van der Waals surface area contributed by atoms with Crippen LogP contribution in [0.25, 0.3) is 0 Å². The fourth-order valence-electron chi connectivity index (χ4n) is 2.54. The van der Waals surface area contributed by atoms with Gasteiger partial charge in [0.15, 0.2) is 0 Å². The molecule has 102 valence electrons. The number of likely N-dealkylation sites (tertiary alicyclic amines) is 1. The number of nitrogens with zero attached hydrogens (tertiary/aromatic N) is 1. The number of nitrogens with two attached hydrogens (primary N) is 1. The number of rotatable bonds is 3. The summed E-state index contributed by atoms with van der Waals surface area (Å²) in [4.78, 5) is 24.4. The van der Waals surface area contributed by atoms with Crippen molar-refractivity contribution in [3.8, 4) is 0 Å². The lowest BCUT2D eigenvalue weighted by atomic mass is 10.1. The second-order valence-electron chi connectivity index (χ2n) is 4.79. The third kappa shape index (κ3) is 2.47. The van der Waals surface area contributed by atoms with Crippen LogP contribution in [0.4, 0.5) is 0 Å². The fraction of sp³-hybridized carbons (Fsp3) is 0.818. The largest absolute Gasteiger partial charge is 0.480 e. The molecule has 2 rings (SSSR count). The SMILES string of the molecule is NCC1CCC(C(=O)N2C[C@H](O)C[C@@H]2C(=O)O)O1. The van der Waals surface area contributed by atoms with Crippen LogP contribution in [0.2, 0.25) is 0 Å². The van der Waals surface area contributed by atoms with Crippen molar-refractivity contribution >= 4 is 11.9 Å². The molecule has 2 heterocycles. The normalized spacial score (nSPS) is 36.0. The second-order valence-corrected chi connectivity index (χ2v) is 4.79. The maximum absolute atomic E-state index is 12.2. The number of β-amino-alcohol motifs (C(OH)–C–C–N with tert-alkyl or cyclic N) is 1. The van der Waals surface area contributed by atoms with Crippen molar-refractivity contribution < 1.29 is 24.5 Å². The number of carboxylic acids is 1. The molecular weight excluding hydrogens is 240 g/mol. The van der Waals surface area contributed by atoms with Crippen molar-refractivity contribution in [3.05, 3.63) is 0 Å². The third-order valence-electron chi connectivity index (χ3n) is 3.49. The van der Waals surface area contributed by atoms with Gasteiger partial charge in [-0.1, -0.05) is 0 Å². The Kier molecular flexibility index (Phi) is 3.84. The first-order chi connectivity index (χ1) is 8.52. The Bertz CT molecular complexity index is 348. The summed E-state index contributed by atoms with van der Waals surface area (Å²) in [5.41, 5.74) is 5.46. The van der Waals surface area contributed by atoms with Gasteiger partial charge in [-0.3, -0.25) is 4.79 Å². The minimum atomic E-state index is -1.09. The predicted molar refractivity (Wildman–Crippen MR) is 60.7 cm³/mol. The standard InChI is InChI=1S/C11H18N2O5/c12-4-7-1-2-9(18-7)10(15)13-5-6(14)3-8(13)11(16)17/h6-9,14H,1-5,12H2,(H,16,17)/t6-,7?,8-,9?/m1/s1. The van der Waals surface area contributed by atoms with Crippen molar-refractivity contribution in [2.45, 2.75) is 43.6 Å². The Labute approximate surface area is 105 Å². The van der Waals surface area contributed by atoms with Gasteiger partial charge < -0.3 is 25.6 Å². The van der Waals surface area contributed by atoms with Gasteiger partial charge in [-0.2, -0.15) is 0 Å². The number of ether oxygens (including phenoxy) is 1. The Hall–Kier alpha value is -1.18. The Morgan fingerprint density at radius 3 is 2.67 bits per heavy atom. The van der Waals surface area contributed by atoms with Crippen LogP contribution in [0.1, 0.15) is 19.3 Å². The van der Waals surface area contributed by atoms with Crippen LogP contribution in [-0.4, -0.2) is 64.4 Å². The van der Waals surface area contributed by atoms with Crippen molar-refractivity contribution in [2.24, 2.45) is 5.73 Å². The van der Waals surface area contributed by atoms with E-state index in [1.54, 1.807) is 0 Å². The summed E-state index contributed by atoms with van der Waals surface area (Å²) in [6.45, 7) is 0.414. The number of amides is 1. The van der Waals surface area contributed by atoms with E-state index < -0.39 is 24.2 Å². The lowest BCUT2D eigenvalue weighted by Gasteiger charge is -2.24. The average Bonchev–Trinajstić information content (AvgIpc) is 2.94. The van der Waals surface area contributed by atoms with Crippen LogP contribution in [0.15, 0.2) is 0 Å². The molecule has 1 amide bonds. The quantitative estimate of drug-likeness (QED) is 0.570. The summed E-state index contributed by atoms with van der Waals surface area (Å²) >= 11 is 0. The highest BCUT2D eigenvalue weighted by Gasteiger charge is 2.43. The molecule has 2 fully saturated rings. The van der Waals surface area contributed by atoms with Crippen LogP contribution in [0, 0.1) is 0 Å². The molecule has 0 bridgehead atoms. The summed E-state index contributed by atoms with van der Waals surface area (Å²) in [6, 6.07) is -0.951. The topological polar surface area (TPSA) is 113 Å². The Morgan fingerprint density at radius 2 is 2.11 bits per heavy atom. The molecule has 0 aromatic rings. The van der Waals surface area contributed by atoms with E-state index in [1.807, 2.05) is 0 Å². The molecule has 7 heteroatoms. The first-order valence-corrected chi connectivity index (χ1v) is 6.09. The van der Waals surface area contributed by atoms with E-state index in [0.29, 0.717) is 19.4 Å². The molecular formula is C11H18N2O5. The van der Waals surface area contributed by atoms with Crippen molar-refractivity contribution in [2.75, 3.05) is 13.1 Å². The maximum atomic E-state index is 12.2. The molecule has 18 heavy (non-hydrogen) atoms. The van der Waals surface area contributed by atoms with Gasteiger partial charge in [0, 0.05) is 19.5 Å². The van der Waals surface area contributed by atoms with Gasteiger partial charge in [-0.25, -0.2) is 4.79 Å². The molecule has 0 aromatic carbocycles. The second kappa shape index (κ2) is 5.21. The van der Waals surface area contributed by atoms with Crippen molar-refractivity contribution in [1.29, 1.82) is 0 Å². The van der Waals surface area contributed by atoms with Crippen LogP contribution >= 0.6 is 0 Å². The molecule has 2 unspecified atom stereocenters. The number of carbonyl (C=O) groups is 2. The maximum Gasteiger partial charge on any atom is 0.326 e. The molecule has 4 N–H and O–H groups in total. The number of hydrogen-bond acceptors (Lipinski definition) is 5. The lowest BCUT2D eigenvalue weighted by molar-refractivity contribution is -0.153. The summed E-state index contributed by atoms with van der Waals surface area (Å²) < 4.78 is 5.46. The number of hydrogen-bond donors (Lipinski definition) is 3. The van der Waals surface area contributed by atoms with Crippen LogP contribution in [-0.2, 0) is 14.3 Å². The molecule has 7 nitrogen and oxygen atoms in total. The first kappa shape index (κ1) is 13.3. The minimum Gasteiger partial charge on any atom is -0.480 e. The summed E-state index contributed by atoms with van der Waals surface area (Å²) in [5.74, 6) is -1.44. The first-order valence-electron chi connectivity index (χ1n) is 6.09. The highest BCUT2D eigenvalue weighted by atomic mass is 16.5. The molecule has 0 spiro atoms. The number of carbonyl (C=O) groups excluding carboxylic acids is 1. The minimum absolute atomic E-state index is 0.0585. The van der Waals surface area contributed by atoms with E-state index >= 15 is 0 Å². The Morgan fingerprint density at radius 1 is 1.39 bits per heavy atom. The number of carboxylic acid groups (broad SMARTS) is 1. The molecule has 2 aliphatic rings. The van der Waals surface area contributed by atoms with Crippen molar-refractivity contribution in [1.82, 2.24) is 4.90 Å². The summed E-state index contributed by atoms with van der Waals surface area (Å²) in [7, 11) is 0. The van der Waals surface area contributed by atoms with Crippen LogP contribution in [0.5, 0.6) is 0 Å². The third-order valence-corrected chi connectivity index (χ3v) is 3.49. The zero-order valence-electron chi connectivity index (χ0n) is 9.99. The zero-order valence-corrected chi connectivity index (χ0v) is 9.99. The molecule has 0 aliphatic carbocycles. The fourth-order valence-corrected chi connectivity index (χ4v) is 2.54. The molecule has 0 aromatic heterocycles. The number of aliphatic hydroxyl groups excluding tert-OH is 1. The van der Waals surface area contributed by atoms with Crippen molar-refractivity contribution in [3.63, 3.8) is 0 Å².